The van der Waals surface area contributed by atoms with Crippen LogP contribution in [-0.2, 0) is 4.79 Å². The summed E-state index contributed by atoms with van der Waals surface area (Å²) in [6, 6.07) is 0.0662. The molecule has 1 aromatic heterocycles. The Balaban J connectivity index is 1.62. The van der Waals surface area contributed by atoms with E-state index in [1.54, 1.807) is 0 Å². The highest BCUT2D eigenvalue weighted by atomic mass is 32.1. The van der Waals surface area contributed by atoms with Crippen LogP contribution >= 0.6 is 11.3 Å². The Kier molecular flexibility index (Phi) is 4.42. The lowest BCUT2D eigenvalue weighted by Gasteiger charge is -2.48. The van der Waals surface area contributed by atoms with Gasteiger partial charge in [-0.3, -0.25) is 14.5 Å². The molecule has 7 heteroatoms. The predicted octanol–water partition coefficient (Wildman–Crippen LogP) is 1.43. The number of carbonyl (C=O) groups excluding carboxylic acids is 2. The van der Waals surface area contributed by atoms with Gasteiger partial charge in [-0.05, 0) is 41.2 Å². The highest BCUT2D eigenvalue weighted by Gasteiger charge is 2.53. The second-order valence-electron chi connectivity index (χ2n) is 7.61. The van der Waals surface area contributed by atoms with E-state index in [0.717, 1.165) is 41.6 Å². The van der Waals surface area contributed by atoms with E-state index in [1.165, 1.54) is 11.3 Å². The molecule has 1 spiro atoms. The number of aryl methyl sites for hydroxylation is 2. The fourth-order valence-corrected chi connectivity index (χ4v) is 4.84. The van der Waals surface area contributed by atoms with Gasteiger partial charge >= 0.3 is 0 Å². The van der Waals surface area contributed by atoms with Gasteiger partial charge < -0.3 is 10.2 Å². The summed E-state index contributed by atoms with van der Waals surface area (Å²) in [5.41, 5.74) is 0.887. The van der Waals surface area contributed by atoms with E-state index in [4.69, 9.17) is 0 Å². The van der Waals surface area contributed by atoms with Crippen LogP contribution in [0.5, 0.6) is 0 Å². The predicted molar refractivity (Wildman–Crippen MR) is 94.2 cm³/mol. The molecule has 6 nitrogen and oxygen atoms in total. The van der Waals surface area contributed by atoms with Crippen LogP contribution in [0.4, 0.5) is 0 Å². The summed E-state index contributed by atoms with van der Waals surface area (Å²) in [7, 11) is 2.00. The van der Waals surface area contributed by atoms with Crippen LogP contribution in [0, 0.1) is 19.3 Å². The van der Waals surface area contributed by atoms with Crippen LogP contribution in [0.25, 0.3) is 0 Å². The third-order valence-electron chi connectivity index (χ3n) is 4.91. The SMILES string of the molecule is Cc1nc(C)c(C(=O)N2CC3(CC(C(=O)NC(C)C)N(C)C3)C2)s1. The molecule has 0 radical (unpaired) electrons. The van der Waals surface area contributed by atoms with Crippen LogP contribution in [-0.4, -0.2) is 65.4 Å². The zero-order chi connectivity index (χ0) is 17.6. The Morgan fingerprint density at radius 1 is 1.29 bits per heavy atom. The van der Waals surface area contributed by atoms with Crippen LogP contribution in [0.15, 0.2) is 0 Å². The van der Waals surface area contributed by atoms with E-state index >= 15 is 0 Å². The smallest absolute Gasteiger partial charge is 0.265 e. The van der Waals surface area contributed by atoms with Gasteiger partial charge in [0.25, 0.3) is 5.91 Å². The van der Waals surface area contributed by atoms with Gasteiger partial charge in [-0.2, -0.15) is 0 Å². The second kappa shape index (κ2) is 6.11. The Hall–Kier alpha value is -1.47. The lowest BCUT2D eigenvalue weighted by Crippen LogP contribution is -2.59. The minimum absolute atomic E-state index is 0.0665. The molecule has 1 atom stereocenters. The quantitative estimate of drug-likeness (QED) is 0.896. The number of aromatic nitrogens is 1. The van der Waals surface area contributed by atoms with Crippen molar-refractivity contribution in [2.75, 3.05) is 26.7 Å². The Labute approximate surface area is 147 Å². The van der Waals surface area contributed by atoms with Crippen molar-refractivity contribution < 1.29 is 9.59 Å². The summed E-state index contributed by atoms with van der Waals surface area (Å²) in [6.07, 6.45) is 0.826. The standard InChI is InChI=1S/C17H26N4O2S/c1-10(2)18-15(22)13-6-17(7-20(13)5)8-21(9-17)16(23)14-11(3)19-12(4)24-14/h10,13H,6-9H2,1-5H3,(H,18,22). The maximum atomic E-state index is 12.6. The molecule has 2 fully saturated rings. The molecule has 3 rings (SSSR count). The Morgan fingerprint density at radius 3 is 2.50 bits per heavy atom. The molecule has 24 heavy (non-hydrogen) atoms. The highest BCUT2D eigenvalue weighted by molar-refractivity contribution is 7.13. The van der Waals surface area contributed by atoms with E-state index in [9.17, 15) is 9.59 Å². The molecule has 0 aliphatic carbocycles. The Bertz CT molecular complexity index is 664. The number of hydrogen-bond acceptors (Lipinski definition) is 5. The van der Waals surface area contributed by atoms with Gasteiger partial charge in [-0.25, -0.2) is 4.98 Å². The van der Waals surface area contributed by atoms with Crippen molar-refractivity contribution in [2.45, 2.75) is 46.2 Å². The van der Waals surface area contributed by atoms with Gasteiger partial charge in [0.1, 0.15) is 4.88 Å². The van der Waals surface area contributed by atoms with Crippen molar-refractivity contribution in [3.8, 4) is 0 Å². The van der Waals surface area contributed by atoms with Crippen molar-refractivity contribution in [3.05, 3.63) is 15.6 Å². The molecule has 1 N–H and O–H groups in total. The van der Waals surface area contributed by atoms with Gasteiger partial charge in [0.15, 0.2) is 0 Å². The van der Waals surface area contributed by atoms with Gasteiger partial charge in [-0.15, -0.1) is 11.3 Å². The number of nitrogens with one attached hydrogen (secondary N) is 1. The molecule has 132 valence electrons. The summed E-state index contributed by atoms with van der Waals surface area (Å²) < 4.78 is 0. The topological polar surface area (TPSA) is 65.5 Å². The molecule has 2 aliphatic heterocycles. The van der Waals surface area contributed by atoms with E-state index in [-0.39, 0.29) is 29.3 Å². The monoisotopic (exact) mass is 350 g/mol. The number of carbonyl (C=O) groups is 2. The number of nitrogens with zero attached hydrogens (tertiary/aromatic N) is 3. The maximum Gasteiger partial charge on any atom is 0.265 e. The van der Waals surface area contributed by atoms with Crippen molar-refractivity contribution in [1.29, 1.82) is 0 Å². The van der Waals surface area contributed by atoms with Gasteiger partial charge in [0.2, 0.25) is 5.91 Å². The fourth-order valence-electron chi connectivity index (χ4n) is 3.95. The number of likely N-dealkylation sites (tertiary alicyclic amines) is 2. The summed E-state index contributed by atoms with van der Waals surface area (Å²) in [4.78, 5) is 34.1. The molecule has 2 saturated heterocycles. The molecule has 3 heterocycles. The Morgan fingerprint density at radius 2 is 1.96 bits per heavy atom. The summed E-state index contributed by atoms with van der Waals surface area (Å²) in [6.45, 7) is 10.1. The van der Waals surface area contributed by atoms with Crippen LogP contribution in [0.3, 0.4) is 0 Å². The minimum atomic E-state index is -0.0861. The minimum Gasteiger partial charge on any atom is -0.353 e. The number of thiazole rings is 1. The lowest BCUT2D eigenvalue weighted by molar-refractivity contribution is -0.125. The zero-order valence-corrected chi connectivity index (χ0v) is 15.9. The fraction of sp³-hybridized carbons (Fsp3) is 0.706. The molecular formula is C17H26N4O2S. The first-order chi connectivity index (χ1) is 11.2. The van der Waals surface area contributed by atoms with Crippen molar-refractivity contribution in [1.82, 2.24) is 20.1 Å². The number of hydrogen-bond donors (Lipinski definition) is 1. The molecular weight excluding hydrogens is 324 g/mol. The first-order valence-electron chi connectivity index (χ1n) is 8.45. The molecule has 0 saturated carbocycles. The van der Waals surface area contributed by atoms with Crippen molar-refractivity contribution >= 4 is 23.2 Å². The molecule has 0 aromatic carbocycles. The maximum absolute atomic E-state index is 12.6. The molecule has 2 aliphatic rings. The number of rotatable bonds is 3. The van der Waals surface area contributed by atoms with E-state index < -0.39 is 0 Å². The van der Waals surface area contributed by atoms with E-state index in [2.05, 4.69) is 15.2 Å². The first kappa shape index (κ1) is 17.4. The molecule has 1 aromatic rings. The van der Waals surface area contributed by atoms with Crippen molar-refractivity contribution in [3.63, 3.8) is 0 Å². The average molecular weight is 350 g/mol. The summed E-state index contributed by atoms with van der Waals surface area (Å²) in [5.74, 6) is 0.185. The second-order valence-corrected chi connectivity index (χ2v) is 8.81. The van der Waals surface area contributed by atoms with Crippen LogP contribution in [0.2, 0.25) is 0 Å². The van der Waals surface area contributed by atoms with Crippen molar-refractivity contribution in [2.24, 2.45) is 5.41 Å². The third kappa shape index (κ3) is 3.07. The average Bonchev–Trinajstić information content (AvgIpc) is 2.95. The normalized spacial score (nSPS) is 22.9. The molecule has 2 amide bonds. The lowest BCUT2D eigenvalue weighted by atomic mass is 9.77. The zero-order valence-electron chi connectivity index (χ0n) is 15.0. The van der Waals surface area contributed by atoms with E-state index in [0.29, 0.717) is 0 Å². The number of likely N-dealkylation sites (N-methyl/N-ethyl adjacent to an activating group) is 1. The van der Waals surface area contributed by atoms with Gasteiger partial charge in [0, 0.05) is 31.1 Å². The largest absolute Gasteiger partial charge is 0.353 e. The first-order valence-corrected chi connectivity index (χ1v) is 9.26. The van der Waals surface area contributed by atoms with Crippen LogP contribution in [0.1, 0.15) is 40.6 Å². The molecule has 0 bridgehead atoms. The van der Waals surface area contributed by atoms with Crippen LogP contribution < -0.4 is 5.32 Å². The molecule has 1 unspecified atom stereocenters. The van der Waals surface area contributed by atoms with Gasteiger partial charge in [-0.1, -0.05) is 0 Å². The van der Waals surface area contributed by atoms with Gasteiger partial charge in [0.05, 0.1) is 16.7 Å². The summed E-state index contributed by atoms with van der Waals surface area (Å²) in [5, 5.41) is 3.93. The number of amides is 2. The summed E-state index contributed by atoms with van der Waals surface area (Å²) >= 11 is 1.47. The highest BCUT2D eigenvalue weighted by Crippen LogP contribution is 2.43. The third-order valence-corrected chi connectivity index (χ3v) is 5.98. The van der Waals surface area contributed by atoms with E-state index in [1.807, 2.05) is 39.6 Å².